The van der Waals surface area contributed by atoms with E-state index in [2.05, 4.69) is 10.6 Å². The van der Waals surface area contributed by atoms with Crippen molar-refractivity contribution in [3.63, 3.8) is 0 Å². The highest BCUT2D eigenvalue weighted by Gasteiger charge is 2.36. The summed E-state index contributed by atoms with van der Waals surface area (Å²) in [6.07, 6.45) is 1.38. The van der Waals surface area contributed by atoms with Crippen LogP contribution in [0, 0.1) is 0 Å². The lowest BCUT2D eigenvalue weighted by molar-refractivity contribution is -0.148. The molecule has 2 aromatic carbocycles. The van der Waals surface area contributed by atoms with Crippen molar-refractivity contribution in [3.8, 4) is 0 Å². The fourth-order valence-corrected chi connectivity index (χ4v) is 3.93. The number of carbonyl (C=O) groups is 4. The topological polar surface area (TPSA) is 116 Å². The predicted octanol–water partition coefficient (Wildman–Crippen LogP) is 1.65. The summed E-state index contributed by atoms with van der Waals surface area (Å²) in [6, 6.07) is 15.7. The molecule has 0 saturated carbocycles. The Hall–Kier alpha value is -3.52. The van der Waals surface area contributed by atoms with Gasteiger partial charge >= 0.3 is 5.97 Å². The molecule has 0 spiro atoms. The molecule has 1 aliphatic rings. The maximum Gasteiger partial charge on any atom is 0.326 e. The number of hydrogen-bond acceptors (Lipinski definition) is 5. The summed E-state index contributed by atoms with van der Waals surface area (Å²) in [5.74, 6) is -1.98. The van der Waals surface area contributed by atoms with Gasteiger partial charge in [-0.1, -0.05) is 48.5 Å². The molecule has 3 N–H and O–H groups in total. The minimum absolute atomic E-state index is 0.134. The van der Waals surface area contributed by atoms with Gasteiger partial charge in [-0.05, 0) is 43.9 Å². The summed E-state index contributed by atoms with van der Waals surface area (Å²) < 4.78 is 0. The quantitative estimate of drug-likeness (QED) is 0.506. The Balaban J connectivity index is 1.64. The van der Waals surface area contributed by atoms with Gasteiger partial charge in [0.25, 0.3) is 5.91 Å². The van der Waals surface area contributed by atoms with Crippen LogP contribution in [0.3, 0.4) is 0 Å². The van der Waals surface area contributed by atoms with Gasteiger partial charge in [-0.2, -0.15) is 0 Å². The minimum Gasteiger partial charge on any atom is -0.480 e. The molecule has 1 fully saturated rings. The summed E-state index contributed by atoms with van der Waals surface area (Å²) in [6.45, 7) is 1.87. The van der Waals surface area contributed by atoms with Gasteiger partial charge in [0, 0.05) is 12.1 Å². The fraction of sp³-hybridized carbons (Fsp3) is 0.360. The monoisotopic (exact) mass is 451 g/mol. The Bertz CT molecular complexity index is 980. The molecule has 0 aromatic heterocycles. The summed E-state index contributed by atoms with van der Waals surface area (Å²) in [4.78, 5) is 51.2. The highest BCUT2D eigenvalue weighted by atomic mass is 16.4. The fourth-order valence-electron chi connectivity index (χ4n) is 3.93. The number of carboxylic acid groups (broad SMARTS) is 1. The molecule has 3 atom stereocenters. The molecule has 0 unspecified atom stereocenters. The van der Waals surface area contributed by atoms with Crippen molar-refractivity contribution in [1.29, 1.82) is 0 Å². The molecule has 174 valence electrons. The lowest BCUT2D eigenvalue weighted by Crippen LogP contribution is -2.52. The zero-order chi connectivity index (χ0) is 23.8. The summed E-state index contributed by atoms with van der Waals surface area (Å²) in [5, 5.41) is 15.0. The van der Waals surface area contributed by atoms with E-state index in [1.165, 1.54) is 4.90 Å². The molecule has 0 radical (unpaired) electrons. The third-order valence-electron chi connectivity index (χ3n) is 5.79. The molecule has 1 heterocycles. The molecule has 33 heavy (non-hydrogen) atoms. The van der Waals surface area contributed by atoms with Gasteiger partial charge in [-0.15, -0.1) is 0 Å². The number of likely N-dealkylation sites (tertiary alicyclic amines) is 1. The molecule has 1 saturated heterocycles. The van der Waals surface area contributed by atoms with Crippen LogP contribution < -0.4 is 10.6 Å². The number of carbonyl (C=O) groups excluding carboxylic acids is 3. The Labute approximate surface area is 193 Å². The van der Waals surface area contributed by atoms with Crippen molar-refractivity contribution >= 4 is 23.6 Å². The summed E-state index contributed by atoms with van der Waals surface area (Å²) in [5.41, 5.74) is 1.35. The Morgan fingerprint density at radius 2 is 1.67 bits per heavy atom. The number of Topliss-reactive ketones (excluding diaryl/α,β-unsaturated/α-hetero) is 1. The third kappa shape index (κ3) is 6.49. The van der Waals surface area contributed by atoms with Crippen LogP contribution in [-0.4, -0.2) is 64.8 Å². The Kier molecular flexibility index (Phi) is 8.32. The van der Waals surface area contributed by atoms with Crippen LogP contribution in [0.5, 0.6) is 0 Å². The molecule has 2 aromatic rings. The third-order valence-corrected chi connectivity index (χ3v) is 5.79. The zero-order valence-electron chi connectivity index (χ0n) is 18.6. The highest BCUT2D eigenvalue weighted by molar-refractivity contribution is 5.98. The first-order chi connectivity index (χ1) is 15.9. The normalized spacial score (nSPS) is 17.2. The van der Waals surface area contributed by atoms with Crippen LogP contribution in [0.4, 0.5) is 0 Å². The van der Waals surface area contributed by atoms with E-state index in [1.807, 2.05) is 30.3 Å². The van der Waals surface area contributed by atoms with Crippen LogP contribution in [0.1, 0.15) is 35.7 Å². The number of nitrogens with zero attached hydrogens (tertiary/aromatic N) is 1. The zero-order valence-corrected chi connectivity index (χ0v) is 18.6. The first-order valence-corrected chi connectivity index (χ1v) is 11.1. The van der Waals surface area contributed by atoms with E-state index < -0.39 is 24.1 Å². The lowest BCUT2D eigenvalue weighted by Gasteiger charge is -2.26. The van der Waals surface area contributed by atoms with Gasteiger partial charge in [-0.3, -0.25) is 19.7 Å². The maximum atomic E-state index is 13.0. The molecule has 2 amide bonds. The summed E-state index contributed by atoms with van der Waals surface area (Å²) >= 11 is 0. The second-order valence-corrected chi connectivity index (χ2v) is 8.18. The van der Waals surface area contributed by atoms with Gasteiger partial charge in [0.2, 0.25) is 5.91 Å². The van der Waals surface area contributed by atoms with Crippen LogP contribution in [0.15, 0.2) is 60.7 Å². The number of hydrogen-bond donors (Lipinski definition) is 3. The van der Waals surface area contributed by atoms with Crippen molar-refractivity contribution in [2.24, 2.45) is 0 Å². The molecule has 8 nitrogen and oxygen atoms in total. The number of benzene rings is 2. The van der Waals surface area contributed by atoms with E-state index in [-0.39, 0.29) is 24.1 Å². The molecule has 0 aliphatic carbocycles. The van der Waals surface area contributed by atoms with Gasteiger partial charge < -0.3 is 15.3 Å². The molecule has 8 heteroatoms. The second-order valence-electron chi connectivity index (χ2n) is 8.18. The smallest absolute Gasteiger partial charge is 0.326 e. The highest BCUT2D eigenvalue weighted by Crippen LogP contribution is 2.18. The number of carboxylic acids is 1. The van der Waals surface area contributed by atoms with E-state index in [1.54, 1.807) is 37.3 Å². The number of rotatable bonds is 10. The van der Waals surface area contributed by atoms with Gasteiger partial charge in [0.05, 0.1) is 18.6 Å². The van der Waals surface area contributed by atoms with Crippen LogP contribution >= 0.6 is 0 Å². The first-order valence-electron chi connectivity index (χ1n) is 11.1. The largest absolute Gasteiger partial charge is 0.480 e. The van der Waals surface area contributed by atoms with Crippen molar-refractivity contribution in [3.05, 3.63) is 71.8 Å². The number of ketones is 1. The van der Waals surface area contributed by atoms with Crippen molar-refractivity contribution in [2.45, 2.75) is 44.3 Å². The minimum atomic E-state index is -1.02. The van der Waals surface area contributed by atoms with E-state index in [0.29, 0.717) is 31.4 Å². The van der Waals surface area contributed by atoms with Gasteiger partial charge in [-0.25, -0.2) is 4.79 Å². The van der Waals surface area contributed by atoms with Crippen LogP contribution in [0.25, 0.3) is 0 Å². The number of amides is 2. The number of aliphatic carboxylic acids is 1. The molecular formula is C25H29N3O5. The Morgan fingerprint density at radius 3 is 2.30 bits per heavy atom. The van der Waals surface area contributed by atoms with E-state index in [4.69, 9.17) is 0 Å². The van der Waals surface area contributed by atoms with Gasteiger partial charge in [0.15, 0.2) is 5.78 Å². The van der Waals surface area contributed by atoms with Crippen molar-refractivity contribution in [1.82, 2.24) is 15.5 Å². The van der Waals surface area contributed by atoms with E-state index in [0.717, 1.165) is 5.56 Å². The standard InChI is InChI=1S/C25H29N3O5/c1-17(24(31)28-14-8-13-21(28)25(32)33)26-16-22(29)20(15-18-9-4-2-5-10-18)27-23(30)19-11-6-3-7-12-19/h2-7,9-12,17,20-21,26H,8,13-16H2,1H3,(H,27,30)(H,32,33)/t17-,20-,21-/m0/s1. The average molecular weight is 452 g/mol. The van der Waals surface area contributed by atoms with Crippen LogP contribution in [-0.2, 0) is 20.8 Å². The molecular weight excluding hydrogens is 422 g/mol. The second kappa shape index (κ2) is 11.4. The first kappa shape index (κ1) is 24.1. The predicted molar refractivity (Wildman–Crippen MR) is 123 cm³/mol. The SMILES string of the molecule is C[C@H](NCC(=O)[C@H](Cc1ccccc1)NC(=O)c1ccccc1)C(=O)N1CCC[C@H]1C(=O)O. The molecule has 3 rings (SSSR count). The molecule has 0 bridgehead atoms. The van der Waals surface area contributed by atoms with Gasteiger partial charge in [0.1, 0.15) is 6.04 Å². The maximum absolute atomic E-state index is 13.0. The lowest BCUT2D eigenvalue weighted by atomic mass is 10.0. The van der Waals surface area contributed by atoms with E-state index >= 15 is 0 Å². The number of nitrogens with one attached hydrogen (secondary N) is 2. The Morgan fingerprint density at radius 1 is 1.03 bits per heavy atom. The van der Waals surface area contributed by atoms with Crippen molar-refractivity contribution in [2.75, 3.05) is 13.1 Å². The van der Waals surface area contributed by atoms with Crippen molar-refractivity contribution < 1.29 is 24.3 Å². The average Bonchev–Trinajstić information content (AvgIpc) is 3.33. The van der Waals surface area contributed by atoms with E-state index in [9.17, 15) is 24.3 Å². The molecule has 1 aliphatic heterocycles. The van der Waals surface area contributed by atoms with Crippen LogP contribution in [0.2, 0.25) is 0 Å². The summed E-state index contributed by atoms with van der Waals surface area (Å²) in [7, 11) is 0.